The Hall–Kier alpha value is -0.390. The van der Waals surface area contributed by atoms with Crippen molar-refractivity contribution in [1.29, 1.82) is 0 Å². The molecular weight excluding hydrogens is 288 g/mol. The SMILES string of the molecule is CC(=N[S@+]([O-])C(C)(C)C)c1cc(Br)ccn1. The minimum absolute atomic E-state index is 0.340. The summed E-state index contributed by atoms with van der Waals surface area (Å²) in [5.74, 6) is 0. The van der Waals surface area contributed by atoms with Crippen LogP contribution in [0.2, 0.25) is 0 Å². The first-order valence-corrected chi connectivity index (χ1v) is 6.80. The molecule has 0 saturated carbocycles. The van der Waals surface area contributed by atoms with Crippen LogP contribution in [0.1, 0.15) is 33.4 Å². The molecule has 1 heterocycles. The molecule has 5 heteroatoms. The molecule has 0 aliphatic rings. The van der Waals surface area contributed by atoms with Gasteiger partial charge >= 0.3 is 0 Å². The lowest BCUT2D eigenvalue weighted by atomic mass is 10.3. The highest BCUT2D eigenvalue weighted by Crippen LogP contribution is 2.18. The van der Waals surface area contributed by atoms with Crippen LogP contribution in [0.3, 0.4) is 0 Å². The summed E-state index contributed by atoms with van der Waals surface area (Å²) in [5, 5.41) is 0. The van der Waals surface area contributed by atoms with Gasteiger partial charge in [-0.1, -0.05) is 20.3 Å². The smallest absolute Gasteiger partial charge is 0.144 e. The lowest BCUT2D eigenvalue weighted by Crippen LogP contribution is -2.26. The number of hydrogen-bond donors (Lipinski definition) is 0. The van der Waals surface area contributed by atoms with Gasteiger partial charge in [0.15, 0.2) is 0 Å². The fraction of sp³-hybridized carbons (Fsp3) is 0.455. The van der Waals surface area contributed by atoms with Gasteiger partial charge in [0.25, 0.3) is 0 Å². The summed E-state index contributed by atoms with van der Waals surface area (Å²) in [4.78, 5) is 4.18. The van der Waals surface area contributed by atoms with Crippen molar-refractivity contribution in [1.82, 2.24) is 4.98 Å². The van der Waals surface area contributed by atoms with Crippen LogP contribution in [0.25, 0.3) is 0 Å². The largest absolute Gasteiger partial charge is 0.591 e. The molecule has 88 valence electrons. The zero-order chi connectivity index (χ0) is 12.3. The number of pyridine rings is 1. The van der Waals surface area contributed by atoms with Gasteiger partial charge < -0.3 is 4.55 Å². The fourth-order valence-corrected chi connectivity index (χ4v) is 1.86. The zero-order valence-electron chi connectivity index (χ0n) is 9.82. The van der Waals surface area contributed by atoms with Crippen LogP contribution in [0.15, 0.2) is 27.2 Å². The van der Waals surface area contributed by atoms with Crippen molar-refractivity contribution in [2.75, 3.05) is 0 Å². The molecule has 0 spiro atoms. The third kappa shape index (κ3) is 3.88. The monoisotopic (exact) mass is 302 g/mol. The van der Waals surface area contributed by atoms with Gasteiger partial charge in [0, 0.05) is 10.7 Å². The predicted molar refractivity (Wildman–Crippen MR) is 72.0 cm³/mol. The normalized spacial score (nSPS) is 15.0. The maximum absolute atomic E-state index is 11.8. The van der Waals surface area contributed by atoms with Gasteiger partial charge in [-0.3, -0.25) is 4.98 Å². The second kappa shape index (κ2) is 5.29. The molecule has 0 N–H and O–H groups in total. The molecule has 0 fully saturated rings. The molecule has 16 heavy (non-hydrogen) atoms. The zero-order valence-corrected chi connectivity index (χ0v) is 12.2. The lowest BCUT2D eigenvalue weighted by molar-refractivity contribution is 0.561. The van der Waals surface area contributed by atoms with Gasteiger partial charge in [-0.25, -0.2) is 0 Å². The second-order valence-electron chi connectivity index (χ2n) is 4.40. The van der Waals surface area contributed by atoms with E-state index >= 15 is 0 Å². The van der Waals surface area contributed by atoms with E-state index in [4.69, 9.17) is 0 Å². The molecule has 0 bridgehead atoms. The Morgan fingerprint density at radius 2 is 2.12 bits per heavy atom. The molecule has 0 aliphatic heterocycles. The number of aromatic nitrogens is 1. The molecule has 1 rings (SSSR count). The number of nitrogens with zero attached hydrogens (tertiary/aromatic N) is 2. The molecule has 1 atom stereocenters. The maximum atomic E-state index is 11.8. The summed E-state index contributed by atoms with van der Waals surface area (Å²) in [7, 11) is 0. The van der Waals surface area contributed by atoms with Crippen molar-refractivity contribution < 1.29 is 4.55 Å². The summed E-state index contributed by atoms with van der Waals surface area (Å²) in [6, 6.07) is 3.70. The van der Waals surface area contributed by atoms with Crippen LogP contribution in [0.4, 0.5) is 0 Å². The van der Waals surface area contributed by atoms with E-state index < -0.39 is 11.4 Å². The Labute approximate surface area is 108 Å². The van der Waals surface area contributed by atoms with Crippen LogP contribution < -0.4 is 0 Å². The van der Waals surface area contributed by atoms with Crippen molar-refractivity contribution in [2.45, 2.75) is 32.4 Å². The topological polar surface area (TPSA) is 48.3 Å². The summed E-state index contributed by atoms with van der Waals surface area (Å²) >= 11 is 2.12. The molecule has 3 nitrogen and oxygen atoms in total. The Balaban J connectivity index is 2.94. The molecule has 0 aliphatic carbocycles. The van der Waals surface area contributed by atoms with E-state index in [1.165, 1.54) is 0 Å². The standard InChI is InChI=1S/C11H15BrN2OS/c1-8(14-16(15)11(2,3)4)10-7-9(12)5-6-13-10/h5-7H,1-4H3/t16-/m1/s1. The van der Waals surface area contributed by atoms with Crippen LogP contribution in [0.5, 0.6) is 0 Å². The van der Waals surface area contributed by atoms with Gasteiger partial charge in [-0.15, -0.1) is 0 Å². The van der Waals surface area contributed by atoms with E-state index in [2.05, 4.69) is 25.3 Å². The van der Waals surface area contributed by atoms with E-state index in [1.54, 1.807) is 6.20 Å². The van der Waals surface area contributed by atoms with Crippen molar-refractivity contribution >= 4 is 33.0 Å². The maximum Gasteiger partial charge on any atom is 0.144 e. The molecule has 1 aromatic heterocycles. The van der Waals surface area contributed by atoms with Crippen molar-refractivity contribution in [3.05, 3.63) is 28.5 Å². The molecule has 0 amide bonds. The van der Waals surface area contributed by atoms with E-state index in [0.717, 1.165) is 10.2 Å². The molecule has 0 saturated heterocycles. The first-order valence-electron chi connectivity index (χ1n) is 4.90. The van der Waals surface area contributed by atoms with Crippen LogP contribution >= 0.6 is 15.9 Å². The number of rotatable bonds is 2. The van der Waals surface area contributed by atoms with Gasteiger partial charge in [0.2, 0.25) is 0 Å². The average Bonchev–Trinajstić information content (AvgIpc) is 2.16. The second-order valence-corrected chi connectivity index (χ2v) is 7.22. The Morgan fingerprint density at radius 3 is 2.62 bits per heavy atom. The van der Waals surface area contributed by atoms with Crippen LogP contribution in [-0.2, 0) is 11.4 Å². The third-order valence-electron chi connectivity index (χ3n) is 1.84. The van der Waals surface area contributed by atoms with E-state index in [9.17, 15) is 4.55 Å². The molecule has 1 aromatic rings. The number of halogens is 1. The summed E-state index contributed by atoms with van der Waals surface area (Å²) in [5.41, 5.74) is 1.43. The average molecular weight is 303 g/mol. The first kappa shape index (κ1) is 13.7. The highest BCUT2D eigenvalue weighted by molar-refractivity contribution is 9.10. The van der Waals surface area contributed by atoms with Crippen LogP contribution in [0, 0.1) is 0 Å². The minimum Gasteiger partial charge on any atom is -0.591 e. The third-order valence-corrected chi connectivity index (χ3v) is 3.82. The van der Waals surface area contributed by atoms with Crippen molar-refractivity contribution in [3.63, 3.8) is 0 Å². The van der Waals surface area contributed by atoms with Gasteiger partial charge in [-0.2, -0.15) is 0 Å². The van der Waals surface area contributed by atoms with E-state index in [0.29, 0.717) is 5.71 Å². The molecule has 0 aromatic carbocycles. The Morgan fingerprint density at radius 1 is 1.50 bits per heavy atom. The first-order chi connectivity index (χ1) is 7.30. The van der Waals surface area contributed by atoms with Crippen LogP contribution in [-0.4, -0.2) is 20.0 Å². The lowest BCUT2D eigenvalue weighted by Gasteiger charge is -2.18. The Bertz CT molecular complexity index is 401. The van der Waals surface area contributed by atoms with Gasteiger partial charge in [0.1, 0.15) is 21.8 Å². The van der Waals surface area contributed by atoms with Gasteiger partial charge in [-0.05, 0) is 39.8 Å². The fourth-order valence-electron chi connectivity index (χ4n) is 0.911. The van der Waals surface area contributed by atoms with Crippen molar-refractivity contribution in [3.8, 4) is 0 Å². The molecule has 0 radical (unpaired) electrons. The summed E-state index contributed by atoms with van der Waals surface area (Å²) in [6.07, 6.45) is 1.69. The number of hydrogen-bond acceptors (Lipinski definition) is 3. The molecular formula is C11H15BrN2OS. The Kier molecular flexibility index (Phi) is 4.52. The highest BCUT2D eigenvalue weighted by atomic mass is 79.9. The predicted octanol–water partition coefficient (Wildman–Crippen LogP) is 3.12. The van der Waals surface area contributed by atoms with Crippen molar-refractivity contribution in [2.24, 2.45) is 4.40 Å². The van der Waals surface area contributed by atoms with E-state index in [1.807, 2.05) is 39.8 Å². The quantitative estimate of drug-likeness (QED) is 0.622. The van der Waals surface area contributed by atoms with Gasteiger partial charge in [0.05, 0.1) is 5.69 Å². The summed E-state index contributed by atoms with van der Waals surface area (Å²) < 4.78 is 16.6. The highest BCUT2D eigenvalue weighted by Gasteiger charge is 2.26. The van der Waals surface area contributed by atoms with E-state index in [-0.39, 0.29) is 4.75 Å². The molecule has 0 unspecified atom stereocenters. The minimum atomic E-state index is -1.24. The summed E-state index contributed by atoms with van der Waals surface area (Å²) in [6.45, 7) is 7.51.